The van der Waals surface area contributed by atoms with Crippen LogP contribution in [-0.4, -0.2) is 20.7 Å². The molecule has 122 valence electrons. The normalized spacial score (nSPS) is 10.8. The smallest absolute Gasteiger partial charge is 0.337 e. The van der Waals surface area contributed by atoms with Crippen molar-refractivity contribution in [2.24, 2.45) is 0 Å². The number of aryl methyl sites for hydroxylation is 1. The van der Waals surface area contributed by atoms with Crippen molar-refractivity contribution in [3.8, 4) is 16.8 Å². The van der Waals surface area contributed by atoms with Crippen LogP contribution in [-0.2, 0) is 6.61 Å². The largest absolute Gasteiger partial charge is 0.478 e. The number of aromatic carboxylic acids is 1. The molecule has 2 N–H and O–H groups in total. The second-order valence-electron chi connectivity index (χ2n) is 5.80. The van der Waals surface area contributed by atoms with Crippen molar-refractivity contribution in [3.63, 3.8) is 0 Å². The van der Waals surface area contributed by atoms with Crippen molar-refractivity contribution in [2.45, 2.75) is 20.5 Å². The van der Waals surface area contributed by atoms with Gasteiger partial charge in [0.05, 0.1) is 17.9 Å². The van der Waals surface area contributed by atoms with Crippen LogP contribution in [0.4, 0.5) is 0 Å². The summed E-state index contributed by atoms with van der Waals surface area (Å²) in [5.74, 6) is -0.922. The Morgan fingerprint density at radius 3 is 2.46 bits per heavy atom. The molecule has 0 aliphatic carbocycles. The number of carboxylic acids is 1. The van der Waals surface area contributed by atoms with E-state index >= 15 is 0 Å². The third-order valence-electron chi connectivity index (χ3n) is 4.23. The maximum Gasteiger partial charge on any atom is 0.337 e. The summed E-state index contributed by atoms with van der Waals surface area (Å²) in [6.07, 6.45) is 0. The average molecular weight is 321 g/mol. The van der Waals surface area contributed by atoms with Crippen molar-refractivity contribution in [2.75, 3.05) is 0 Å². The second kappa shape index (κ2) is 6.34. The van der Waals surface area contributed by atoms with Gasteiger partial charge in [-0.25, -0.2) is 4.79 Å². The Labute approximate surface area is 140 Å². The lowest BCUT2D eigenvalue weighted by Crippen LogP contribution is -2.04. The fraction of sp³-hybridized carbons (Fsp3) is 0.150. The molecule has 0 aliphatic rings. The van der Waals surface area contributed by atoms with Crippen molar-refractivity contribution < 1.29 is 15.0 Å². The molecule has 24 heavy (non-hydrogen) atoms. The van der Waals surface area contributed by atoms with Gasteiger partial charge in [0.25, 0.3) is 0 Å². The van der Waals surface area contributed by atoms with Gasteiger partial charge in [-0.05, 0) is 43.2 Å². The second-order valence-corrected chi connectivity index (χ2v) is 5.80. The van der Waals surface area contributed by atoms with Crippen LogP contribution in [0.2, 0.25) is 0 Å². The van der Waals surface area contributed by atoms with E-state index in [1.54, 1.807) is 6.07 Å². The lowest BCUT2D eigenvalue weighted by molar-refractivity contribution is 0.0696. The molecule has 1 heterocycles. The van der Waals surface area contributed by atoms with Gasteiger partial charge >= 0.3 is 5.97 Å². The van der Waals surface area contributed by atoms with E-state index < -0.39 is 5.97 Å². The third-order valence-corrected chi connectivity index (χ3v) is 4.23. The molecule has 0 amide bonds. The zero-order valence-corrected chi connectivity index (χ0v) is 13.7. The monoisotopic (exact) mass is 321 g/mol. The van der Waals surface area contributed by atoms with E-state index in [2.05, 4.69) is 0 Å². The van der Waals surface area contributed by atoms with E-state index in [9.17, 15) is 15.0 Å². The fourth-order valence-electron chi connectivity index (χ4n) is 3.10. The predicted molar refractivity (Wildman–Crippen MR) is 93.6 cm³/mol. The first-order valence-corrected chi connectivity index (χ1v) is 7.74. The van der Waals surface area contributed by atoms with Crippen LogP contribution in [0.5, 0.6) is 0 Å². The van der Waals surface area contributed by atoms with Crippen LogP contribution in [0.15, 0.2) is 54.6 Å². The summed E-state index contributed by atoms with van der Waals surface area (Å²) in [6, 6.07) is 17.3. The van der Waals surface area contributed by atoms with Crippen LogP contribution in [0.1, 0.15) is 27.3 Å². The van der Waals surface area contributed by atoms with Gasteiger partial charge in [0.15, 0.2) is 0 Å². The first-order chi connectivity index (χ1) is 11.5. The van der Waals surface area contributed by atoms with Crippen LogP contribution in [0.25, 0.3) is 16.8 Å². The Balaban J connectivity index is 2.23. The van der Waals surface area contributed by atoms with Gasteiger partial charge in [-0.2, -0.15) is 0 Å². The number of hydrogen-bond donors (Lipinski definition) is 2. The molecule has 0 atom stereocenters. The SMILES string of the molecule is Cc1cc(C(=O)O)c(C)n1-c1ccccc1-c1cccc(CO)c1. The summed E-state index contributed by atoms with van der Waals surface area (Å²) in [5, 5.41) is 18.7. The van der Waals surface area contributed by atoms with Gasteiger partial charge in [-0.3, -0.25) is 0 Å². The Morgan fingerprint density at radius 2 is 1.79 bits per heavy atom. The Bertz CT molecular complexity index is 909. The summed E-state index contributed by atoms with van der Waals surface area (Å²) < 4.78 is 1.96. The molecule has 3 aromatic rings. The molecule has 0 radical (unpaired) electrons. The lowest BCUT2D eigenvalue weighted by atomic mass is 10.0. The predicted octanol–water partition coefficient (Wildman–Crippen LogP) is 3.95. The number of hydrogen-bond acceptors (Lipinski definition) is 2. The minimum Gasteiger partial charge on any atom is -0.478 e. The van der Waals surface area contributed by atoms with Gasteiger partial charge in [0, 0.05) is 17.0 Å². The number of benzene rings is 2. The number of rotatable bonds is 4. The fourth-order valence-corrected chi connectivity index (χ4v) is 3.10. The van der Waals surface area contributed by atoms with Crippen molar-refractivity contribution in [1.82, 2.24) is 4.57 Å². The van der Waals surface area contributed by atoms with Gasteiger partial charge in [0.2, 0.25) is 0 Å². The zero-order valence-electron chi connectivity index (χ0n) is 13.7. The van der Waals surface area contributed by atoms with Crippen LogP contribution in [0, 0.1) is 13.8 Å². The van der Waals surface area contributed by atoms with E-state index in [-0.39, 0.29) is 6.61 Å². The average Bonchev–Trinajstić information content (AvgIpc) is 2.89. The van der Waals surface area contributed by atoms with Crippen LogP contribution in [0.3, 0.4) is 0 Å². The van der Waals surface area contributed by atoms with Crippen LogP contribution < -0.4 is 0 Å². The number of carbonyl (C=O) groups is 1. The highest BCUT2D eigenvalue weighted by molar-refractivity contribution is 5.90. The van der Waals surface area contributed by atoms with Crippen LogP contribution >= 0.6 is 0 Å². The highest BCUT2D eigenvalue weighted by atomic mass is 16.4. The molecule has 1 aromatic heterocycles. The van der Waals surface area contributed by atoms with E-state index in [4.69, 9.17) is 0 Å². The Morgan fingerprint density at radius 1 is 1.04 bits per heavy atom. The standard InChI is InChI=1S/C20H19NO3/c1-13-10-18(20(23)24)14(2)21(13)19-9-4-3-8-17(19)16-7-5-6-15(11-16)12-22/h3-11,22H,12H2,1-2H3,(H,23,24). The van der Waals surface area contributed by atoms with E-state index in [1.807, 2.05) is 66.9 Å². The molecule has 0 spiro atoms. The van der Waals surface area contributed by atoms with Crippen molar-refractivity contribution >= 4 is 5.97 Å². The molecule has 0 unspecified atom stereocenters. The van der Waals surface area contributed by atoms with E-state index in [0.29, 0.717) is 11.3 Å². The van der Waals surface area contributed by atoms with Crippen molar-refractivity contribution in [1.29, 1.82) is 0 Å². The summed E-state index contributed by atoms with van der Waals surface area (Å²) in [4.78, 5) is 11.4. The number of aliphatic hydroxyl groups excluding tert-OH is 1. The van der Waals surface area contributed by atoms with E-state index in [0.717, 1.165) is 28.1 Å². The first kappa shape index (κ1) is 16.0. The molecule has 0 saturated heterocycles. The molecule has 4 nitrogen and oxygen atoms in total. The van der Waals surface area contributed by atoms with Gasteiger partial charge < -0.3 is 14.8 Å². The van der Waals surface area contributed by atoms with E-state index in [1.165, 1.54) is 0 Å². The quantitative estimate of drug-likeness (QED) is 0.765. The number of nitrogens with zero attached hydrogens (tertiary/aromatic N) is 1. The highest BCUT2D eigenvalue weighted by Gasteiger charge is 2.17. The number of aliphatic hydroxyl groups is 1. The molecule has 2 aromatic carbocycles. The first-order valence-electron chi connectivity index (χ1n) is 7.74. The lowest BCUT2D eigenvalue weighted by Gasteiger charge is -2.15. The number of carboxylic acid groups (broad SMARTS) is 1. The molecule has 0 fully saturated rings. The summed E-state index contributed by atoms with van der Waals surface area (Å²) >= 11 is 0. The molecular formula is C20H19NO3. The Hall–Kier alpha value is -2.85. The Kier molecular flexibility index (Phi) is 4.23. The molecule has 0 bridgehead atoms. The van der Waals surface area contributed by atoms with Gasteiger partial charge in [-0.1, -0.05) is 36.4 Å². The third kappa shape index (κ3) is 2.72. The van der Waals surface area contributed by atoms with Gasteiger partial charge in [-0.15, -0.1) is 0 Å². The van der Waals surface area contributed by atoms with Crippen molar-refractivity contribution in [3.05, 3.63) is 77.1 Å². The topological polar surface area (TPSA) is 62.5 Å². The zero-order chi connectivity index (χ0) is 17.3. The molecule has 0 aliphatic heterocycles. The summed E-state index contributed by atoms with van der Waals surface area (Å²) in [6.45, 7) is 3.71. The maximum absolute atomic E-state index is 11.4. The maximum atomic E-state index is 11.4. The minimum absolute atomic E-state index is 0.0132. The number of aromatic nitrogens is 1. The molecule has 4 heteroatoms. The minimum atomic E-state index is -0.922. The summed E-state index contributed by atoms with van der Waals surface area (Å²) in [5.41, 5.74) is 5.63. The molecular weight excluding hydrogens is 302 g/mol. The number of para-hydroxylation sites is 1. The highest BCUT2D eigenvalue weighted by Crippen LogP contribution is 2.30. The summed E-state index contributed by atoms with van der Waals surface area (Å²) in [7, 11) is 0. The van der Waals surface area contributed by atoms with Gasteiger partial charge in [0.1, 0.15) is 0 Å². The molecule has 3 rings (SSSR count). The molecule has 0 saturated carbocycles.